The lowest BCUT2D eigenvalue weighted by molar-refractivity contribution is 0.692. The number of nitrogens with two attached hydrogens (primary N) is 1. The Morgan fingerprint density at radius 2 is 2.30 bits per heavy atom. The van der Waals surface area contributed by atoms with Crippen LogP contribution in [-0.2, 0) is 6.54 Å². The summed E-state index contributed by atoms with van der Waals surface area (Å²) in [6.07, 6.45) is 3.29. The van der Waals surface area contributed by atoms with E-state index >= 15 is 0 Å². The molecule has 1 aromatic carbocycles. The highest BCUT2D eigenvalue weighted by Crippen LogP contribution is 2.24. The number of H-pyrrole nitrogens is 1. The topological polar surface area (TPSA) is 89.6 Å². The molecule has 6 nitrogen and oxygen atoms in total. The average molecular weight is 287 g/mol. The summed E-state index contributed by atoms with van der Waals surface area (Å²) >= 11 is 1.22. The zero-order valence-electron chi connectivity index (χ0n) is 10.8. The SMILES string of the molecule is CCn1ccnc(Sc2nc3ccc(N)cc3[nH]2)c1=O. The number of benzene rings is 1. The normalized spacial score (nSPS) is 11.1. The van der Waals surface area contributed by atoms with Gasteiger partial charge in [0.2, 0.25) is 0 Å². The summed E-state index contributed by atoms with van der Waals surface area (Å²) in [5, 5.41) is 1.03. The molecule has 3 N–H and O–H groups in total. The van der Waals surface area contributed by atoms with Crippen LogP contribution < -0.4 is 11.3 Å². The van der Waals surface area contributed by atoms with Gasteiger partial charge in [0.15, 0.2) is 10.2 Å². The smallest absolute Gasteiger partial charge is 0.283 e. The summed E-state index contributed by atoms with van der Waals surface area (Å²) in [7, 11) is 0. The van der Waals surface area contributed by atoms with Crippen LogP contribution in [-0.4, -0.2) is 19.5 Å². The molecule has 0 spiro atoms. The van der Waals surface area contributed by atoms with Crippen LogP contribution in [0.1, 0.15) is 6.92 Å². The highest BCUT2D eigenvalue weighted by atomic mass is 32.2. The van der Waals surface area contributed by atoms with Crippen molar-refractivity contribution in [2.75, 3.05) is 5.73 Å². The Morgan fingerprint density at radius 3 is 3.10 bits per heavy atom. The molecule has 0 aliphatic heterocycles. The van der Waals surface area contributed by atoms with Crippen molar-refractivity contribution in [3.8, 4) is 0 Å². The van der Waals surface area contributed by atoms with Crippen LogP contribution in [0.3, 0.4) is 0 Å². The molecule has 7 heteroatoms. The fourth-order valence-corrected chi connectivity index (χ4v) is 2.70. The van der Waals surface area contributed by atoms with Gasteiger partial charge in [-0.3, -0.25) is 4.79 Å². The fourth-order valence-electron chi connectivity index (χ4n) is 1.89. The second kappa shape index (κ2) is 5.01. The number of anilines is 1. The lowest BCUT2D eigenvalue weighted by Gasteiger charge is -2.02. The third kappa shape index (κ3) is 2.27. The minimum Gasteiger partial charge on any atom is -0.399 e. The number of aryl methyl sites for hydroxylation is 1. The molecule has 2 aromatic heterocycles. The summed E-state index contributed by atoms with van der Waals surface area (Å²) in [5.41, 5.74) is 7.95. The first-order valence-electron chi connectivity index (χ1n) is 6.16. The lowest BCUT2D eigenvalue weighted by atomic mass is 10.3. The van der Waals surface area contributed by atoms with Gasteiger partial charge in [-0.25, -0.2) is 9.97 Å². The minimum absolute atomic E-state index is 0.111. The van der Waals surface area contributed by atoms with Gasteiger partial charge in [0, 0.05) is 24.6 Å². The zero-order valence-corrected chi connectivity index (χ0v) is 11.6. The third-order valence-electron chi connectivity index (χ3n) is 2.90. The predicted molar refractivity (Wildman–Crippen MR) is 78.8 cm³/mol. The van der Waals surface area contributed by atoms with Crippen LogP contribution in [0.5, 0.6) is 0 Å². The van der Waals surface area contributed by atoms with Crippen molar-refractivity contribution in [2.24, 2.45) is 0 Å². The van der Waals surface area contributed by atoms with Crippen molar-refractivity contribution in [1.29, 1.82) is 0 Å². The molecule has 0 aliphatic carbocycles. The Hall–Kier alpha value is -2.28. The Kier molecular flexibility index (Phi) is 3.19. The summed E-state index contributed by atoms with van der Waals surface area (Å²) in [6, 6.07) is 5.45. The summed E-state index contributed by atoms with van der Waals surface area (Å²) in [4.78, 5) is 23.7. The molecule has 0 saturated carbocycles. The number of imidazole rings is 1. The van der Waals surface area contributed by atoms with Gasteiger partial charge in [-0.05, 0) is 36.9 Å². The summed E-state index contributed by atoms with van der Waals surface area (Å²) in [5.74, 6) is 0. The van der Waals surface area contributed by atoms with Gasteiger partial charge in [0.05, 0.1) is 11.0 Å². The first-order valence-corrected chi connectivity index (χ1v) is 6.97. The Morgan fingerprint density at radius 1 is 1.45 bits per heavy atom. The van der Waals surface area contributed by atoms with Crippen molar-refractivity contribution in [1.82, 2.24) is 19.5 Å². The van der Waals surface area contributed by atoms with Crippen LogP contribution in [0.25, 0.3) is 11.0 Å². The molecule has 0 unspecified atom stereocenters. The maximum absolute atomic E-state index is 12.1. The molecular formula is C13H13N5OS. The van der Waals surface area contributed by atoms with Gasteiger partial charge < -0.3 is 15.3 Å². The van der Waals surface area contributed by atoms with E-state index in [1.165, 1.54) is 11.8 Å². The molecule has 102 valence electrons. The van der Waals surface area contributed by atoms with Gasteiger partial charge in [0.1, 0.15) is 0 Å². The van der Waals surface area contributed by atoms with Crippen molar-refractivity contribution in [2.45, 2.75) is 23.7 Å². The highest BCUT2D eigenvalue weighted by Gasteiger charge is 2.10. The number of nitrogens with one attached hydrogen (secondary N) is 1. The Bertz CT molecular complexity index is 823. The minimum atomic E-state index is -0.111. The zero-order chi connectivity index (χ0) is 14.1. The van der Waals surface area contributed by atoms with E-state index in [1.807, 2.05) is 19.1 Å². The Balaban J connectivity index is 1.99. The van der Waals surface area contributed by atoms with E-state index in [4.69, 9.17) is 5.73 Å². The molecule has 3 aromatic rings. The van der Waals surface area contributed by atoms with Crippen molar-refractivity contribution >= 4 is 28.5 Å². The molecule has 0 amide bonds. The predicted octanol–water partition coefficient (Wildman–Crippen LogP) is 1.87. The van der Waals surface area contributed by atoms with Crippen LogP contribution in [0.4, 0.5) is 5.69 Å². The van der Waals surface area contributed by atoms with Crippen LogP contribution in [0, 0.1) is 0 Å². The van der Waals surface area contributed by atoms with Crippen molar-refractivity contribution < 1.29 is 0 Å². The maximum Gasteiger partial charge on any atom is 0.283 e. The largest absolute Gasteiger partial charge is 0.399 e. The van der Waals surface area contributed by atoms with E-state index in [0.29, 0.717) is 22.4 Å². The van der Waals surface area contributed by atoms with Crippen molar-refractivity contribution in [3.05, 3.63) is 40.9 Å². The fraction of sp³-hybridized carbons (Fsp3) is 0.154. The Labute approximate surface area is 119 Å². The maximum atomic E-state index is 12.1. The standard InChI is InChI=1S/C13H13N5OS/c1-2-18-6-5-15-11(12(18)19)20-13-16-9-4-3-8(14)7-10(9)17-13/h3-7H,2,14H2,1H3,(H,16,17). The van der Waals surface area contributed by atoms with E-state index in [-0.39, 0.29) is 5.56 Å². The molecule has 0 fully saturated rings. The van der Waals surface area contributed by atoms with Gasteiger partial charge >= 0.3 is 0 Å². The molecule has 0 radical (unpaired) electrons. The third-order valence-corrected chi connectivity index (χ3v) is 3.76. The lowest BCUT2D eigenvalue weighted by Crippen LogP contribution is -2.20. The molecule has 20 heavy (non-hydrogen) atoms. The van der Waals surface area contributed by atoms with Crippen molar-refractivity contribution in [3.63, 3.8) is 0 Å². The number of nitrogen functional groups attached to an aromatic ring is 1. The molecule has 0 bridgehead atoms. The van der Waals surface area contributed by atoms with Gasteiger partial charge in [-0.15, -0.1) is 0 Å². The van der Waals surface area contributed by atoms with E-state index in [1.54, 1.807) is 23.0 Å². The van der Waals surface area contributed by atoms with E-state index in [2.05, 4.69) is 15.0 Å². The molecule has 0 atom stereocenters. The summed E-state index contributed by atoms with van der Waals surface area (Å²) < 4.78 is 1.61. The number of rotatable bonds is 3. The molecule has 0 aliphatic rings. The summed E-state index contributed by atoms with van der Waals surface area (Å²) in [6.45, 7) is 2.53. The molecule has 2 heterocycles. The highest BCUT2D eigenvalue weighted by molar-refractivity contribution is 7.99. The second-order valence-electron chi connectivity index (χ2n) is 4.24. The molecular weight excluding hydrogens is 274 g/mol. The van der Waals surface area contributed by atoms with Gasteiger partial charge in [-0.2, -0.15) is 0 Å². The molecule has 0 saturated heterocycles. The first-order chi connectivity index (χ1) is 9.67. The van der Waals surface area contributed by atoms with Gasteiger partial charge in [0.25, 0.3) is 5.56 Å². The number of aromatic amines is 1. The number of hydrogen-bond acceptors (Lipinski definition) is 5. The second-order valence-corrected chi connectivity index (χ2v) is 5.22. The average Bonchev–Trinajstić information content (AvgIpc) is 2.82. The monoisotopic (exact) mass is 287 g/mol. The van der Waals surface area contributed by atoms with Gasteiger partial charge in [-0.1, -0.05) is 0 Å². The quantitative estimate of drug-likeness (QED) is 0.718. The van der Waals surface area contributed by atoms with Crippen LogP contribution in [0.2, 0.25) is 0 Å². The molecule has 3 rings (SSSR count). The number of hydrogen-bond donors (Lipinski definition) is 2. The van der Waals surface area contributed by atoms with E-state index in [0.717, 1.165) is 11.0 Å². The first kappa shape index (κ1) is 12.7. The van der Waals surface area contributed by atoms with E-state index in [9.17, 15) is 4.79 Å². The van der Waals surface area contributed by atoms with Crippen LogP contribution in [0.15, 0.2) is 45.6 Å². The number of fused-ring (bicyclic) bond motifs is 1. The number of nitrogens with zero attached hydrogens (tertiary/aromatic N) is 3. The van der Waals surface area contributed by atoms with E-state index < -0.39 is 0 Å². The number of aromatic nitrogens is 4. The van der Waals surface area contributed by atoms with Crippen LogP contribution >= 0.6 is 11.8 Å².